The highest BCUT2D eigenvalue weighted by Crippen LogP contribution is 2.23. The number of ether oxygens (including phenoxy) is 1. The Hall–Kier alpha value is -2.00. The number of rotatable bonds is 5. The number of likely N-dealkylation sites (N-methyl/N-ethyl adjacent to an activating group) is 1. The predicted octanol–water partition coefficient (Wildman–Crippen LogP) is 3.17. The largest absolute Gasteiger partial charge is 0.497 e. The lowest BCUT2D eigenvalue weighted by Crippen LogP contribution is -2.24. The van der Waals surface area contributed by atoms with E-state index in [1.54, 1.807) is 7.11 Å². The van der Waals surface area contributed by atoms with Crippen LogP contribution in [-0.2, 0) is 0 Å². The van der Waals surface area contributed by atoms with Crippen LogP contribution in [0.5, 0.6) is 5.75 Å². The molecule has 0 fully saturated rings. The molecule has 0 spiro atoms. The molecule has 0 aliphatic heterocycles. The fraction of sp³-hybridized carbons (Fsp3) is 0.294. The molecule has 20 heavy (non-hydrogen) atoms. The molecule has 0 aromatic heterocycles. The number of nitrogens with zero attached hydrogens (tertiary/aromatic N) is 1. The maximum atomic E-state index is 10.4. The van der Waals surface area contributed by atoms with Crippen LogP contribution >= 0.6 is 0 Å². The summed E-state index contributed by atoms with van der Waals surface area (Å²) in [5.41, 5.74) is 3.11. The first kappa shape index (κ1) is 14.4. The zero-order valence-corrected chi connectivity index (χ0v) is 12.2. The van der Waals surface area contributed by atoms with Crippen LogP contribution in [-0.4, -0.2) is 25.8 Å². The van der Waals surface area contributed by atoms with Gasteiger partial charge >= 0.3 is 0 Å². The van der Waals surface area contributed by atoms with Crippen molar-refractivity contribution >= 4 is 5.69 Å². The number of aryl methyl sites for hydroxylation is 1. The monoisotopic (exact) mass is 271 g/mol. The molecule has 2 aromatic carbocycles. The van der Waals surface area contributed by atoms with Crippen molar-refractivity contribution < 1.29 is 9.84 Å². The van der Waals surface area contributed by atoms with E-state index in [0.717, 1.165) is 22.6 Å². The number of aliphatic hydroxyl groups is 1. The third-order valence-corrected chi connectivity index (χ3v) is 3.49. The van der Waals surface area contributed by atoms with Crippen molar-refractivity contribution in [3.05, 3.63) is 59.7 Å². The molecule has 1 unspecified atom stereocenters. The van der Waals surface area contributed by atoms with Gasteiger partial charge in [-0.15, -0.1) is 0 Å². The summed E-state index contributed by atoms with van der Waals surface area (Å²) in [5.74, 6) is 0.819. The molecule has 3 heteroatoms. The first-order chi connectivity index (χ1) is 9.61. The molecule has 0 bridgehead atoms. The van der Waals surface area contributed by atoms with Crippen molar-refractivity contribution in [1.29, 1.82) is 0 Å². The van der Waals surface area contributed by atoms with E-state index in [2.05, 4.69) is 0 Å². The highest BCUT2D eigenvalue weighted by molar-refractivity contribution is 5.50. The van der Waals surface area contributed by atoms with E-state index < -0.39 is 6.10 Å². The Bertz CT molecular complexity index is 568. The Morgan fingerprint density at radius 3 is 2.60 bits per heavy atom. The minimum atomic E-state index is -0.507. The highest BCUT2D eigenvalue weighted by Gasteiger charge is 2.13. The Balaban J connectivity index is 2.11. The molecule has 3 nitrogen and oxygen atoms in total. The van der Waals surface area contributed by atoms with Crippen molar-refractivity contribution in [3.8, 4) is 5.75 Å². The summed E-state index contributed by atoms with van der Waals surface area (Å²) < 4.78 is 5.22. The Morgan fingerprint density at radius 1 is 1.15 bits per heavy atom. The number of aliphatic hydroxyl groups excluding tert-OH is 1. The third kappa shape index (κ3) is 3.31. The second-order valence-corrected chi connectivity index (χ2v) is 4.95. The number of hydrogen-bond acceptors (Lipinski definition) is 3. The molecule has 0 saturated heterocycles. The molecule has 2 aromatic rings. The van der Waals surface area contributed by atoms with Gasteiger partial charge in [0.25, 0.3) is 0 Å². The second kappa shape index (κ2) is 6.44. The van der Waals surface area contributed by atoms with Crippen molar-refractivity contribution in [2.24, 2.45) is 0 Å². The zero-order valence-electron chi connectivity index (χ0n) is 12.2. The van der Waals surface area contributed by atoms with Gasteiger partial charge in [-0.2, -0.15) is 0 Å². The van der Waals surface area contributed by atoms with E-state index in [0.29, 0.717) is 6.54 Å². The molecule has 0 aliphatic rings. The first-order valence-corrected chi connectivity index (χ1v) is 6.70. The Kier molecular flexibility index (Phi) is 4.64. The van der Waals surface area contributed by atoms with Crippen molar-refractivity contribution in [1.82, 2.24) is 0 Å². The summed E-state index contributed by atoms with van der Waals surface area (Å²) in [6, 6.07) is 15.8. The van der Waals surface area contributed by atoms with Crippen LogP contribution in [0.4, 0.5) is 5.69 Å². The zero-order chi connectivity index (χ0) is 14.5. The molecule has 0 amide bonds. The lowest BCUT2D eigenvalue weighted by molar-refractivity contribution is 0.184. The topological polar surface area (TPSA) is 32.7 Å². The van der Waals surface area contributed by atoms with E-state index in [1.807, 2.05) is 67.4 Å². The van der Waals surface area contributed by atoms with Crippen LogP contribution in [0, 0.1) is 6.92 Å². The fourth-order valence-corrected chi connectivity index (χ4v) is 2.27. The standard InChI is InChI=1S/C17H21NO2/c1-13-7-4-5-10-16(13)17(19)12-18(2)14-8-6-9-15(11-14)20-3/h4-11,17,19H,12H2,1-3H3. The SMILES string of the molecule is COc1cccc(N(C)CC(O)c2ccccc2C)c1. The van der Waals surface area contributed by atoms with Crippen molar-refractivity contribution in [2.75, 3.05) is 25.6 Å². The highest BCUT2D eigenvalue weighted by atomic mass is 16.5. The number of hydrogen-bond donors (Lipinski definition) is 1. The van der Waals surface area contributed by atoms with Gasteiger partial charge in [0.2, 0.25) is 0 Å². The average Bonchev–Trinajstić information content (AvgIpc) is 2.47. The Labute approximate surface area is 120 Å². The fourth-order valence-electron chi connectivity index (χ4n) is 2.27. The summed E-state index contributed by atoms with van der Waals surface area (Å²) in [6.07, 6.45) is -0.507. The van der Waals surface area contributed by atoms with Gasteiger partial charge < -0.3 is 14.7 Å². The Morgan fingerprint density at radius 2 is 1.90 bits per heavy atom. The maximum absolute atomic E-state index is 10.4. The smallest absolute Gasteiger partial charge is 0.120 e. The molecule has 1 atom stereocenters. The summed E-state index contributed by atoms with van der Waals surface area (Å²) >= 11 is 0. The minimum absolute atomic E-state index is 0.507. The van der Waals surface area contributed by atoms with Gasteiger partial charge in [0.1, 0.15) is 5.75 Å². The lowest BCUT2D eigenvalue weighted by atomic mass is 10.0. The maximum Gasteiger partial charge on any atom is 0.120 e. The van der Waals surface area contributed by atoms with Crippen LogP contribution in [0.1, 0.15) is 17.2 Å². The van der Waals surface area contributed by atoms with Gasteiger partial charge in [-0.3, -0.25) is 0 Å². The molecule has 1 N–H and O–H groups in total. The quantitative estimate of drug-likeness (QED) is 0.906. The van der Waals surface area contributed by atoms with Crippen LogP contribution in [0.2, 0.25) is 0 Å². The van der Waals surface area contributed by atoms with Gasteiger partial charge in [-0.1, -0.05) is 30.3 Å². The minimum Gasteiger partial charge on any atom is -0.497 e. The van der Waals surface area contributed by atoms with E-state index in [-0.39, 0.29) is 0 Å². The van der Waals surface area contributed by atoms with Crippen LogP contribution in [0.3, 0.4) is 0 Å². The number of benzene rings is 2. The third-order valence-electron chi connectivity index (χ3n) is 3.49. The van der Waals surface area contributed by atoms with Gasteiger partial charge in [-0.05, 0) is 30.2 Å². The van der Waals surface area contributed by atoms with Crippen molar-refractivity contribution in [2.45, 2.75) is 13.0 Å². The molecule has 0 saturated carbocycles. The van der Waals surface area contributed by atoms with Crippen LogP contribution in [0.25, 0.3) is 0 Å². The summed E-state index contributed by atoms with van der Waals surface area (Å²) in [6.45, 7) is 2.56. The van der Waals surface area contributed by atoms with E-state index in [4.69, 9.17) is 4.74 Å². The lowest BCUT2D eigenvalue weighted by Gasteiger charge is -2.24. The molecule has 0 aliphatic carbocycles. The van der Waals surface area contributed by atoms with E-state index in [9.17, 15) is 5.11 Å². The summed E-state index contributed by atoms with van der Waals surface area (Å²) in [7, 11) is 3.62. The molecular formula is C17H21NO2. The van der Waals surface area contributed by atoms with Gasteiger partial charge in [0.05, 0.1) is 13.2 Å². The normalized spacial score (nSPS) is 12.0. The predicted molar refractivity (Wildman–Crippen MR) is 82.4 cm³/mol. The van der Waals surface area contributed by atoms with Gasteiger partial charge in [-0.25, -0.2) is 0 Å². The van der Waals surface area contributed by atoms with Gasteiger partial charge in [0.15, 0.2) is 0 Å². The molecular weight excluding hydrogens is 250 g/mol. The van der Waals surface area contributed by atoms with E-state index in [1.165, 1.54) is 0 Å². The first-order valence-electron chi connectivity index (χ1n) is 6.70. The van der Waals surface area contributed by atoms with Crippen molar-refractivity contribution in [3.63, 3.8) is 0 Å². The summed E-state index contributed by atoms with van der Waals surface area (Å²) in [4.78, 5) is 2.03. The molecule has 0 heterocycles. The second-order valence-electron chi connectivity index (χ2n) is 4.95. The van der Waals surface area contributed by atoms with Crippen LogP contribution in [0.15, 0.2) is 48.5 Å². The number of methoxy groups -OCH3 is 1. The van der Waals surface area contributed by atoms with Crippen LogP contribution < -0.4 is 9.64 Å². The molecule has 2 rings (SSSR count). The van der Waals surface area contributed by atoms with Gasteiger partial charge in [0, 0.05) is 25.3 Å². The molecule has 106 valence electrons. The van der Waals surface area contributed by atoms with E-state index >= 15 is 0 Å². The molecule has 0 radical (unpaired) electrons. The summed E-state index contributed by atoms with van der Waals surface area (Å²) in [5, 5.41) is 10.4. The number of anilines is 1. The average molecular weight is 271 g/mol.